The minimum Gasteiger partial charge on any atom is -0.369 e. The van der Waals surface area contributed by atoms with E-state index in [1.54, 1.807) is 0 Å². The third-order valence-electron chi connectivity index (χ3n) is 2.99. The van der Waals surface area contributed by atoms with Gasteiger partial charge < -0.3 is 5.32 Å². The van der Waals surface area contributed by atoms with Crippen LogP contribution in [0, 0.1) is 0 Å². The highest BCUT2D eigenvalue weighted by molar-refractivity contribution is 5.75. The Balaban J connectivity index is 2.02. The molecule has 0 saturated heterocycles. The molecule has 0 aromatic carbocycles. The number of hydrogen-bond acceptors (Lipinski definition) is 3. The maximum atomic E-state index is 4.59. The Morgan fingerprint density at radius 3 is 3.11 bits per heavy atom. The summed E-state index contributed by atoms with van der Waals surface area (Å²) in [5, 5.41) is 7.88. The van der Waals surface area contributed by atoms with Gasteiger partial charge >= 0.3 is 0 Å². The van der Waals surface area contributed by atoms with E-state index >= 15 is 0 Å². The summed E-state index contributed by atoms with van der Waals surface area (Å²) in [6.45, 7) is 3.08. The summed E-state index contributed by atoms with van der Waals surface area (Å²) in [6.07, 6.45) is 10.4. The fraction of sp³-hybridized carbons (Fsp3) is 0.286. The largest absolute Gasteiger partial charge is 0.369 e. The maximum Gasteiger partial charge on any atom is 0.154 e. The number of aromatic nitrogens is 3. The highest BCUT2D eigenvalue weighted by atomic mass is 15.3. The van der Waals surface area contributed by atoms with E-state index in [1.807, 2.05) is 22.8 Å². The lowest BCUT2D eigenvalue weighted by Gasteiger charge is -2.05. The summed E-state index contributed by atoms with van der Waals surface area (Å²) >= 11 is 0. The van der Waals surface area contributed by atoms with Crippen molar-refractivity contribution in [1.29, 1.82) is 0 Å². The van der Waals surface area contributed by atoms with Gasteiger partial charge in [0.15, 0.2) is 5.65 Å². The van der Waals surface area contributed by atoms with E-state index in [1.165, 1.54) is 5.57 Å². The second-order valence-corrected chi connectivity index (χ2v) is 4.36. The SMILES string of the molecule is CCCNc1ccc2ncc(C3=CCC=C3)n2n1. The molecule has 0 atom stereocenters. The van der Waals surface area contributed by atoms with E-state index in [0.717, 1.165) is 36.5 Å². The number of rotatable bonds is 4. The monoisotopic (exact) mass is 240 g/mol. The zero-order valence-corrected chi connectivity index (χ0v) is 10.4. The van der Waals surface area contributed by atoms with Gasteiger partial charge in [-0.05, 0) is 30.5 Å². The van der Waals surface area contributed by atoms with Crippen LogP contribution in [0.1, 0.15) is 25.5 Å². The van der Waals surface area contributed by atoms with Crippen LogP contribution in [0.2, 0.25) is 0 Å². The van der Waals surface area contributed by atoms with E-state index in [2.05, 4.69) is 40.6 Å². The smallest absolute Gasteiger partial charge is 0.154 e. The van der Waals surface area contributed by atoms with Crippen molar-refractivity contribution in [3.05, 3.63) is 42.3 Å². The zero-order valence-electron chi connectivity index (χ0n) is 10.4. The highest BCUT2D eigenvalue weighted by Crippen LogP contribution is 2.22. The van der Waals surface area contributed by atoms with Crippen molar-refractivity contribution < 1.29 is 0 Å². The molecule has 0 amide bonds. The van der Waals surface area contributed by atoms with Gasteiger partial charge in [0.2, 0.25) is 0 Å². The van der Waals surface area contributed by atoms with Crippen LogP contribution in [-0.4, -0.2) is 21.1 Å². The molecule has 0 fully saturated rings. The van der Waals surface area contributed by atoms with Gasteiger partial charge in [0.05, 0.1) is 11.9 Å². The summed E-state index contributed by atoms with van der Waals surface area (Å²) in [5.74, 6) is 0.895. The Morgan fingerprint density at radius 1 is 1.39 bits per heavy atom. The van der Waals surface area contributed by atoms with Crippen molar-refractivity contribution in [2.75, 3.05) is 11.9 Å². The van der Waals surface area contributed by atoms with Crippen molar-refractivity contribution in [3.8, 4) is 0 Å². The standard InChI is InChI=1S/C14H16N4/c1-2-9-15-13-7-8-14-16-10-12(18(14)17-13)11-5-3-4-6-11/h3,5-8,10H,2,4,9H2,1H3,(H,15,17). The molecule has 4 heteroatoms. The molecular weight excluding hydrogens is 224 g/mol. The molecule has 2 heterocycles. The second-order valence-electron chi connectivity index (χ2n) is 4.36. The van der Waals surface area contributed by atoms with Crippen molar-refractivity contribution in [2.45, 2.75) is 19.8 Å². The predicted molar refractivity (Wildman–Crippen MR) is 73.5 cm³/mol. The summed E-state index contributed by atoms with van der Waals surface area (Å²) in [7, 11) is 0. The molecule has 1 aliphatic rings. The van der Waals surface area contributed by atoms with Crippen molar-refractivity contribution in [3.63, 3.8) is 0 Å². The number of anilines is 1. The summed E-state index contributed by atoms with van der Waals surface area (Å²) < 4.78 is 1.90. The first kappa shape index (κ1) is 11.0. The molecule has 0 radical (unpaired) electrons. The van der Waals surface area contributed by atoms with Crippen molar-refractivity contribution in [1.82, 2.24) is 14.6 Å². The van der Waals surface area contributed by atoms with Crippen LogP contribution < -0.4 is 5.32 Å². The van der Waals surface area contributed by atoms with Crippen LogP contribution in [-0.2, 0) is 0 Å². The number of imidazole rings is 1. The quantitative estimate of drug-likeness (QED) is 0.893. The molecule has 0 bridgehead atoms. The lowest BCUT2D eigenvalue weighted by molar-refractivity contribution is 0.898. The van der Waals surface area contributed by atoms with Gasteiger partial charge in [0.25, 0.3) is 0 Å². The number of nitrogens with zero attached hydrogens (tertiary/aromatic N) is 3. The fourth-order valence-corrected chi connectivity index (χ4v) is 2.07. The van der Waals surface area contributed by atoms with Gasteiger partial charge in [0.1, 0.15) is 5.82 Å². The van der Waals surface area contributed by atoms with Gasteiger partial charge in [-0.25, -0.2) is 9.50 Å². The number of fused-ring (bicyclic) bond motifs is 1. The normalized spacial score (nSPS) is 14.2. The average molecular weight is 240 g/mol. The minimum absolute atomic E-state index is 0.883. The van der Waals surface area contributed by atoms with Gasteiger partial charge in [-0.15, -0.1) is 5.10 Å². The van der Waals surface area contributed by atoms with Crippen LogP contribution in [0.5, 0.6) is 0 Å². The predicted octanol–water partition coefficient (Wildman–Crippen LogP) is 2.89. The van der Waals surface area contributed by atoms with Gasteiger partial charge in [-0.3, -0.25) is 0 Å². The van der Waals surface area contributed by atoms with Crippen molar-refractivity contribution >= 4 is 17.0 Å². The lowest BCUT2D eigenvalue weighted by Crippen LogP contribution is -2.05. The lowest BCUT2D eigenvalue weighted by atomic mass is 10.2. The first-order valence-corrected chi connectivity index (χ1v) is 6.34. The Hall–Kier alpha value is -2.10. The number of allylic oxidation sites excluding steroid dienone is 4. The van der Waals surface area contributed by atoms with Crippen LogP contribution in [0.25, 0.3) is 11.2 Å². The summed E-state index contributed by atoms with van der Waals surface area (Å²) in [4.78, 5) is 4.38. The molecule has 92 valence electrons. The Labute approximate surface area is 106 Å². The van der Waals surface area contributed by atoms with E-state index in [9.17, 15) is 0 Å². The molecular formula is C14H16N4. The molecule has 4 nitrogen and oxygen atoms in total. The molecule has 1 aliphatic carbocycles. The minimum atomic E-state index is 0.883. The zero-order chi connectivity index (χ0) is 12.4. The van der Waals surface area contributed by atoms with E-state index in [0.29, 0.717) is 0 Å². The summed E-state index contributed by atoms with van der Waals surface area (Å²) in [5.41, 5.74) is 3.13. The van der Waals surface area contributed by atoms with Crippen LogP contribution >= 0.6 is 0 Å². The van der Waals surface area contributed by atoms with E-state index in [4.69, 9.17) is 0 Å². The molecule has 0 aliphatic heterocycles. The fourth-order valence-electron chi connectivity index (χ4n) is 2.07. The topological polar surface area (TPSA) is 42.2 Å². The van der Waals surface area contributed by atoms with Crippen LogP contribution in [0.15, 0.2) is 36.6 Å². The third kappa shape index (κ3) is 1.90. The third-order valence-corrected chi connectivity index (χ3v) is 2.99. The first-order valence-electron chi connectivity index (χ1n) is 6.34. The molecule has 0 unspecified atom stereocenters. The Kier molecular flexibility index (Phi) is 2.84. The van der Waals surface area contributed by atoms with Crippen LogP contribution in [0.4, 0.5) is 5.82 Å². The highest BCUT2D eigenvalue weighted by Gasteiger charge is 2.09. The van der Waals surface area contributed by atoms with Gasteiger partial charge in [-0.2, -0.15) is 0 Å². The van der Waals surface area contributed by atoms with E-state index in [-0.39, 0.29) is 0 Å². The second kappa shape index (κ2) is 4.64. The maximum absolute atomic E-state index is 4.59. The first-order chi connectivity index (χ1) is 8.88. The molecule has 3 rings (SSSR count). The Bertz CT molecular complexity index is 622. The van der Waals surface area contributed by atoms with E-state index < -0.39 is 0 Å². The number of hydrogen-bond donors (Lipinski definition) is 1. The summed E-state index contributed by atoms with van der Waals surface area (Å²) in [6, 6.07) is 3.97. The van der Waals surface area contributed by atoms with Crippen molar-refractivity contribution in [2.24, 2.45) is 0 Å². The van der Waals surface area contributed by atoms with Gasteiger partial charge in [-0.1, -0.05) is 25.2 Å². The van der Waals surface area contributed by atoms with Crippen LogP contribution in [0.3, 0.4) is 0 Å². The molecule has 0 saturated carbocycles. The molecule has 18 heavy (non-hydrogen) atoms. The Morgan fingerprint density at radius 2 is 2.33 bits per heavy atom. The number of nitrogens with one attached hydrogen (secondary N) is 1. The molecule has 1 N–H and O–H groups in total. The molecule has 2 aromatic rings. The average Bonchev–Trinajstić information content (AvgIpc) is 3.04. The molecule has 2 aromatic heterocycles. The molecule has 0 spiro atoms. The van der Waals surface area contributed by atoms with Gasteiger partial charge in [0, 0.05) is 6.54 Å².